The molecule has 0 N–H and O–H groups in total. The van der Waals surface area contributed by atoms with Crippen LogP contribution in [0.25, 0.3) is 11.0 Å². The first-order valence-electron chi connectivity index (χ1n) is 9.88. The first kappa shape index (κ1) is 20.4. The molecule has 10 heteroatoms. The Morgan fingerprint density at radius 3 is 2.76 bits per heavy atom. The van der Waals surface area contributed by atoms with Crippen molar-refractivity contribution in [1.29, 1.82) is 0 Å². The minimum absolute atomic E-state index is 0.262. The van der Waals surface area contributed by atoms with Gasteiger partial charge in [-0.2, -0.15) is 0 Å². The topological polar surface area (TPSA) is 85.9 Å². The van der Waals surface area contributed by atoms with Crippen molar-refractivity contribution >= 4 is 32.8 Å². The van der Waals surface area contributed by atoms with Gasteiger partial charge < -0.3 is 9.13 Å². The summed E-state index contributed by atoms with van der Waals surface area (Å²) in [5.74, 6) is 2.65. The molecule has 1 aromatic carbocycles. The number of aromatic nitrogens is 5. The zero-order chi connectivity index (χ0) is 20.6. The normalized spacial score (nSPS) is 15.0. The second-order valence-electron chi connectivity index (χ2n) is 7.36. The van der Waals surface area contributed by atoms with Crippen molar-refractivity contribution in [2.24, 2.45) is 0 Å². The molecule has 0 amide bonds. The highest BCUT2D eigenvalue weighted by molar-refractivity contribution is 7.98. The molecule has 29 heavy (non-hydrogen) atoms. The van der Waals surface area contributed by atoms with Gasteiger partial charge in [0.2, 0.25) is 10.0 Å². The SMILES string of the molecule is CCn1c(CSc2nnc3n2CCCCC3)nc2cc(S(=O)(=O)N(C)C)ccc21. The predicted molar refractivity (Wildman–Crippen MR) is 113 cm³/mol. The molecular weight excluding hydrogens is 408 g/mol. The second kappa shape index (κ2) is 8.08. The quantitative estimate of drug-likeness (QED) is 0.555. The van der Waals surface area contributed by atoms with Crippen LogP contribution in [0.1, 0.15) is 37.8 Å². The van der Waals surface area contributed by atoms with Crippen LogP contribution in [-0.4, -0.2) is 51.1 Å². The van der Waals surface area contributed by atoms with E-state index in [2.05, 4.69) is 26.3 Å². The smallest absolute Gasteiger partial charge is 0.242 e. The Morgan fingerprint density at radius 1 is 1.17 bits per heavy atom. The Labute approximate surface area is 175 Å². The Bertz CT molecular complexity index is 1130. The molecule has 4 rings (SSSR count). The number of aryl methyl sites for hydroxylation is 2. The lowest BCUT2D eigenvalue weighted by atomic mass is 10.2. The van der Waals surface area contributed by atoms with Crippen molar-refractivity contribution in [3.63, 3.8) is 0 Å². The molecule has 0 unspecified atom stereocenters. The van der Waals surface area contributed by atoms with Gasteiger partial charge in [0.15, 0.2) is 5.16 Å². The van der Waals surface area contributed by atoms with Crippen LogP contribution in [0.2, 0.25) is 0 Å². The van der Waals surface area contributed by atoms with E-state index in [1.54, 1.807) is 23.9 Å². The van der Waals surface area contributed by atoms with Gasteiger partial charge in [0, 0.05) is 33.6 Å². The summed E-state index contributed by atoms with van der Waals surface area (Å²) >= 11 is 1.64. The summed E-state index contributed by atoms with van der Waals surface area (Å²) < 4.78 is 30.5. The Balaban J connectivity index is 1.63. The molecule has 1 aliphatic heterocycles. The van der Waals surface area contributed by atoms with E-state index in [9.17, 15) is 8.42 Å². The van der Waals surface area contributed by atoms with Gasteiger partial charge >= 0.3 is 0 Å². The maximum absolute atomic E-state index is 12.5. The lowest BCUT2D eigenvalue weighted by molar-refractivity contribution is 0.521. The third-order valence-corrected chi connectivity index (χ3v) is 8.07. The highest BCUT2D eigenvalue weighted by Crippen LogP contribution is 2.28. The van der Waals surface area contributed by atoms with Crippen LogP contribution in [0.4, 0.5) is 0 Å². The third-order valence-electron chi connectivity index (χ3n) is 5.30. The molecule has 0 spiro atoms. The molecule has 156 valence electrons. The van der Waals surface area contributed by atoms with Gasteiger partial charge in [-0.05, 0) is 38.0 Å². The van der Waals surface area contributed by atoms with Gasteiger partial charge in [-0.1, -0.05) is 18.2 Å². The van der Waals surface area contributed by atoms with Crippen molar-refractivity contribution in [2.45, 2.75) is 61.5 Å². The van der Waals surface area contributed by atoms with Crippen molar-refractivity contribution in [3.05, 3.63) is 29.8 Å². The fraction of sp³-hybridized carbons (Fsp3) is 0.526. The molecule has 0 bridgehead atoms. The molecule has 3 heterocycles. The summed E-state index contributed by atoms with van der Waals surface area (Å²) in [6.45, 7) is 3.81. The highest BCUT2D eigenvalue weighted by Gasteiger charge is 2.20. The summed E-state index contributed by atoms with van der Waals surface area (Å²) in [5, 5.41) is 9.68. The molecule has 0 saturated carbocycles. The average molecular weight is 435 g/mol. The average Bonchev–Trinajstić information content (AvgIpc) is 3.16. The van der Waals surface area contributed by atoms with E-state index in [0.717, 1.165) is 48.3 Å². The molecule has 1 aliphatic rings. The molecule has 2 aromatic heterocycles. The van der Waals surface area contributed by atoms with Crippen molar-refractivity contribution in [1.82, 2.24) is 28.6 Å². The van der Waals surface area contributed by atoms with Crippen LogP contribution >= 0.6 is 11.8 Å². The van der Waals surface area contributed by atoms with Crippen LogP contribution in [0.5, 0.6) is 0 Å². The molecule has 0 radical (unpaired) electrons. The summed E-state index contributed by atoms with van der Waals surface area (Å²) in [6, 6.07) is 5.16. The molecule has 3 aromatic rings. The number of benzene rings is 1. The molecule has 0 atom stereocenters. The molecule has 8 nitrogen and oxygen atoms in total. The maximum Gasteiger partial charge on any atom is 0.242 e. The highest BCUT2D eigenvalue weighted by atomic mass is 32.2. The zero-order valence-corrected chi connectivity index (χ0v) is 18.6. The van der Waals surface area contributed by atoms with Gasteiger partial charge in [0.05, 0.1) is 21.7 Å². The minimum atomic E-state index is -3.48. The number of rotatable bonds is 6. The summed E-state index contributed by atoms with van der Waals surface area (Å²) in [5.41, 5.74) is 1.64. The minimum Gasteiger partial charge on any atom is -0.328 e. The predicted octanol–water partition coefficient (Wildman–Crippen LogP) is 2.92. The van der Waals surface area contributed by atoms with Gasteiger partial charge in [0.1, 0.15) is 11.6 Å². The Kier molecular flexibility index (Phi) is 5.67. The second-order valence-corrected chi connectivity index (χ2v) is 10.5. The number of thioether (sulfide) groups is 1. The fourth-order valence-electron chi connectivity index (χ4n) is 3.69. The van der Waals surface area contributed by atoms with Gasteiger partial charge in [-0.15, -0.1) is 10.2 Å². The maximum atomic E-state index is 12.5. The Morgan fingerprint density at radius 2 is 2.00 bits per heavy atom. The van der Waals surface area contributed by atoms with E-state index in [1.165, 1.54) is 31.2 Å². The number of sulfonamides is 1. The van der Waals surface area contributed by atoms with E-state index in [4.69, 9.17) is 4.98 Å². The van der Waals surface area contributed by atoms with E-state index in [0.29, 0.717) is 11.3 Å². The molecule has 0 aliphatic carbocycles. The van der Waals surface area contributed by atoms with Crippen LogP contribution in [-0.2, 0) is 35.3 Å². The van der Waals surface area contributed by atoms with Gasteiger partial charge in [-0.25, -0.2) is 17.7 Å². The summed E-state index contributed by atoms with van der Waals surface area (Å²) in [4.78, 5) is 5.01. The number of hydrogen-bond acceptors (Lipinski definition) is 6. The lowest BCUT2D eigenvalue weighted by Crippen LogP contribution is -2.22. The van der Waals surface area contributed by atoms with Crippen molar-refractivity contribution in [3.8, 4) is 0 Å². The fourth-order valence-corrected chi connectivity index (χ4v) is 5.54. The first-order valence-corrected chi connectivity index (χ1v) is 12.3. The molecule has 0 fully saturated rings. The zero-order valence-electron chi connectivity index (χ0n) is 17.0. The summed E-state index contributed by atoms with van der Waals surface area (Å²) in [7, 11) is -0.412. The van der Waals surface area contributed by atoms with Gasteiger partial charge in [0.25, 0.3) is 0 Å². The summed E-state index contributed by atoms with van der Waals surface area (Å²) in [6.07, 6.45) is 4.56. The largest absolute Gasteiger partial charge is 0.328 e. The standard InChI is InChI=1S/C19H26N6O2S2/c1-4-24-16-10-9-14(29(26,27)23(2)3)12-15(16)20-18(24)13-28-19-22-21-17-8-6-5-7-11-25(17)19/h9-10,12H,4-8,11,13H2,1-3H3. The monoisotopic (exact) mass is 434 g/mol. The van der Waals surface area contributed by atoms with Gasteiger partial charge in [-0.3, -0.25) is 0 Å². The van der Waals surface area contributed by atoms with E-state index >= 15 is 0 Å². The molecular formula is C19H26N6O2S2. The lowest BCUT2D eigenvalue weighted by Gasteiger charge is -2.11. The number of nitrogens with zero attached hydrogens (tertiary/aromatic N) is 6. The van der Waals surface area contributed by atoms with E-state index < -0.39 is 10.0 Å². The van der Waals surface area contributed by atoms with E-state index in [-0.39, 0.29) is 4.90 Å². The van der Waals surface area contributed by atoms with Crippen LogP contribution in [0.15, 0.2) is 28.3 Å². The number of imidazole rings is 1. The third kappa shape index (κ3) is 3.80. The molecule has 0 saturated heterocycles. The van der Waals surface area contributed by atoms with Crippen molar-refractivity contribution < 1.29 is 8.42 Å². The van der Waals surface area contributed by atoms with Crippen LogP contribution in [0.3, 0.4) is 0 Å². The number of fused-ring (bicyclic) bond motifs is 2. The van der Waals surface area contributed by atoms with Crippen molar-refractivity contribution in [2.75, 3.05) is 14.1 Å². The number of hydrogen-bond donors (Lipinski definition) is 0. The van der Waals surface area contributed by atoms with Crippen LogP contribution in [0, 0.1) is 0 Å². The first-order chi connectivity index (χ1) is 13.9. The van der Waals surface area contributed by atoms with Crippen LogP contribution < -0.4 is 0 Å². The van der Waals surface area contributed by atoms with E-state index in [1.807, 2.05) is 6.07 Å². The Hall–Kier alpha value is -1.91.